The second-order valence-corrected chi connectivity index (χ2v) is 6.57. The summed E-state index contributed by atoms with van der Waals surface area (Å²) in [4.78, 5) is 22.7. The number of nitrogens with zero attached hydrogens (tertiary/aromatic N) is 1. The van der Waals surface area contributed by atoms with Crippen LogP contribution in [-0.2, 0) is 11.2 Å². The minimum Gasteiger partial charge on any atom is -0.298 e. The van der Waals surface area contributed by atoms with E-state index in [4.69, 9.17) is 23.2 Å². The molecule has 9 heteroatoms. The van der Waals surface area contributed by atoms with Gasteiger partial charge < -0.3 is 0 Å². The number of aryl methyl sites for hydroxylation is 1. The summed E-state index contributed by atoms with van der Waals surface area (Å²) in [6, 6.07) is 7.19. The van der Waals surface area contributed by atoms with Crippen LogP contribution in [0.5, 0.6) is 0 Å². The summed E-state index contributed by atoms with van der Waals surface area (Å²) >= 11 is 11.5. The molecule has 2 aromatic carbocycles. The topological polar surface area (TPSA) is 60.2 Å². The molecule has 0 saturated carbocycles. The molecule has 1 unspecified atom stereocenters. The Morgan fingerprint density at radius 2 is 1.73 bits per heavy atom. The zero-order chi connectivity index (χ0) is 19.6. The van der Waals surface area contributed by atoms with E-state index in [9.17, 15) is 28.1 Å². The van der Waals surface area contributed by atoms with E-state index in [1.54, 1.807) is 0 Å². The van der Waals surface area contributed by atoms with Crippen molar-refractivity contribution in [1.82, 2.24) is 0 Å². The highest BCUT2D eigenvalue weighted by Gasteiger charge is 2.45. The predicted molar refractivity (Wildman–Crippen MR) is 91.8 cm³/mol. The second kappa shape index (κ2) is 7.63. The Morgan fingerprint density at radius 1 is 1.15 bits per heavy atom. The van der Waals surface area contributed by atoms with Crippen LogP contribution in [0.15, 0.2) is 36.4 Å². The maximum Gasteiger partial charge on any atom is 0.402 e. The van der Waals surface area contributed by atoms with Gasteiger partial charge in [-0.2, -0.15) is 13.2 Å². The number of carbonyl (C=O) groups excluding carboxylic acids is 1. The van der Waals surface area contributed by atoms with E-state index in [0.29, 0.717) is 5.56 Å². The number of hydrogen-bond donors (Lipinski definition) is 0. The molecule has 0 fully saturated rings. The average molecular weight is 406 g/mol. The smallest absolute Gasteiger partial charge is 0.298 e. The molecule has 0 aliphatic carbocycles. The molecule has 1 atom stereocenters. The summed E-state index contributed by atoms with van der Waals surface area (Å²) in [6.07, 6.45) is -5.48. The minimum absolute atomic E-state index is 0.0273. The number of halogens is 5. The zero-order valence-electron chi connectivity index (χ0n) is 13.3. The molecule has 2 rings (SSSR count). The fourth-order valence-electron chi connectivity index (χ4n) is 2.56. The van der Waals surface area contributed by atoms with Crippen LogP contribution in [0.1, 0.15) is 22.6 Å². The molecule has 0 bridgehead atoms. The highest BCUT2D eigenvalue weighted by atomic mass is 35.5. The number of nitro groups is 1. The molecule has 0 heterocycles. The fraction of sp³-hybridized carbons (Fsp3) is 0.235. The van der Waals surface area contributed by atoms with Gasteiger partial charge in [-0.3, -0.25) is 14.9 Å². The van der Waals surface area contributed by atoms with Crippen molar-refractivity contribution in [3.63, 3.8) is 0 Å². The molecule has 0 saturated heterocycles. The molecule has 0 radical (unpaired) electrons. The van der Waals surface area contributed by atoms with Gasteiger partial charge in [0.2, 0.25) is 0 Å². The van der Waals surface area contributed by atoms with Crippen molar-refractivity contribution in [3.8, 4) is 0 Å². The Morgan fingerprint density at radius 3 is 2.23 bits per heavy atom. The molecule has 0 amide bonds. The summed E-state index contributed by atoms with van der Waals surface area (Å²) < 4.78 is 40.4. The molecular formula is C17H12Cl2F3NO3. The van der Waals surface area contributed by atoms with Crippen molar-refractivity contribution in [3.05, 3.63) is 73.2 Å². The molecule has 0 N–H and O–H groups in total. The van der Waals surface area contributed by atoms with Crippen LogP contribution < -0.4 is 0 Å². The van der Waals surface area contributed by atoms with Gasteiger partial charge in [0.05, 0.1) is 4.92 Å². The minimum atomic E-state index is -4.86. The van der Waals surface area contributed by atoms with Gasteiger partial charge in [0.1, 0.15) is 5.92 Å². The SMILES string of the molecule is Cc1ccc(CC(=O)C(c2cc(Cl)cc(Cl)c2)C(F)(F)F)cc1[N+](=O)[O-]. The van der Waals surface area contributed by atoms with Gasteiger partial charge in [0, 0.05) is 28.1 Å². The van der Waals surface area contributed by atoms with Crippen molar-refractivity contribution >= 4 is 34.7 Å². The quantitative estimate of drug-likeness (QED) is 0.475. The summed E-state index contributed by atoms with van der Waals surface area (Å²) in [5, 5.41) is 10.9. The molecule has 0 aliphatic rings. The molecule has 0 spiro atoms. The van der Waals surface area contributed by atoms with Crippen LogP contribution in [0, 0.1) is 17.0 Å². The van der Waals surface area contributed by atoms with E-state index in [1.165, 1.54) is 25.1 Å². The van der Waals surface area contributed by atoms with Gasteiger partial charge >= 0.3 is 6.18 Å². The van der Waals surface area contributed by atoms with E-state index in [1.807, 2.05) is 0 Å². The summed E-state index contributed by atoms with van der Waals surface area (Å²) in [6.45, 7) is 1.50. The van der Waals surface area contributed by atoms with E-state index in [-0.39, 0.29) is 26.9 Å². The third-order valence-corrected chi connectivity index (χ3v) is 4.15. The number of hydrogen-bond acceptors (Lipinski definition) is 3. The van der Waals surface area contributed by atoms with E-state index < -0.39 is 29.2 Å². The average Bonchev–Trinajstić information content (AvgIpc) is 2.46. The maximum atomic E-state index is 13.5. The molecule has 0 aliphatic heterocycles. The predicted octanol–water partition coefficient (Wildman–Crippen LogP) is 5.67. The standard InChI is InChI=1S/C17H12Cl2F3NO3/c1-9-2-3-10(4-14(9)23(25)26)5-15(24)16(17(20,21)22)11-6-12(18)8-13(19)7-11/h2-4,6-8,16H,5H2,1H3. The lowest BCUT2D eigenvalue weighted by Gasteiger charge is -2.20. The highest BCUT2D eigenvalue weighted by molar-refractivity contribution is 6.34. The van der Waals surface area contributed by atoms with Crippen LogP contribution in [-0.4, -0.2) is 16.9 Å². The van der Waals surface area contributed by atoms with Crippen LogP contribution >= 0.6 is 23.2 Å². The van der Waals surface area contributed by atoms with Crippen molar-refractivity contribution in [1.29, 1.82) is 0 Å². The van der Waals surface area contributed by atoms with E-state index in [2.05, 4.69) is 0 Å². The number of Topliss-reactive ketones (excluding diaryl/α,β-unsaturated/α-hetero) is 1. The summed E-state index contributed by atoms with van der Waals surface area (Å²) in [5.41, 5.74) is -0.166. The van der Waals surface area contributed by atoms with Crippen LogP contribution in [0.2, 0.25) is 10.0 Å². The molecule has 0 aromatic heterocycles. The Balaban J connectivity index is 2.40. The number of benzene rings is 2. The lowest BCUT2D eigenvalue weighted by molar-refractivity contribution is -0.385. The van der Waals surface area contributed by atoms with Crippen molar-refractivity contribution in [2.24, 2.45) is 0 Å². The third kappa shape index (κ3) is 4.74. The first kappa shape index (κ1) is 20.2. The fourth-order valence-corrected chi connectivity index (χ4v) is 3.11. The summed E-state index contributed by atoms with van der Waals surface area (Å²) in [7, 11) is 0. The van der Waals surface area contributed by atoms with Crippen LogP contribution in [0.25, 0.3) is 0 Å². The van der Waals surface area contributed by atoms with Gasteiger partial charge in [-0.15, -0.1) is 0 Å². The number of alkyl halides is 3. The van der Waals surface area contributed by atoms with Gasteiger partial charge in [0.15, 0.2) is 5.78 Å². The Labute approximate surface area is 156 Å². The monoisotopic (exact) mass is 405 g/mol. The van der Waals surface area contributed by atoms with Gasteiger partial charge in [-0.25, -0.2) is 0 Å². The number of rotatable bonds is 5. The molecule has 138 valence electrons. The third-order valence-electron chi connectivity index (χ3n) is 3.72. The van der Waals surface area contributed by atoms with Crippen LogP contribution in [0.4, 0.5) is 18.9 Å². The molecule has 26 heavy (non-hydrogen) atoms. The van der Waals surface area contributed by atoms with Gasteiger partial charge in [-0.1, -0.05) is 35.3 Å². The Hall–Kier alpha value is -2.12. The number of ketones is 1. The van der Waals surface area contributed by atoms with E-state index in [0.717, 1.165) is 18.2 Å². The first-order chi connectivity index (χ1) is 12.0. The van der Waals surface area contributed by atoms with Gasteiger partial charge in [-0.05, 0) is 36.2 Å². The number of carbonyl (C=O) groups is 1. The van der Waals surface area contributed by atoms with Crippen molar-refractivity contribution < 1.29 is 22.9 Å². The normalized spacial score (nSPS) is 12.7. The summed E-state index contributed by atoms with van der Waals surface area (Å²) in [5.74, 6) is -3.59. The van der Waals surface area contributed by atoms with Crippen LogP contribution in [0.3, 0.4) is 0 Å². The van der Waals surface area contributed by atoms with Gasteiger partial charge in [0.25, 0.3) is 5.69 Å². The Bertz CT molecular complexity index is 849. The number of nitro benzene ring substituents is 1. The lowest BCUT2D eigenvalue weighted by atomic mass is 9.90. The molecule has 4 nitrogen and oxygen atoms in total. The molecular weight excluding hydrogens is 394 g/mol. The van der Waals surface area contributed by atoms with Crippen molar-refractivity contribution in [2.75, 3.05) is 0 Å². The second-order valence-electron chi connectivity index (χ2n) is 5.70. The van der Waals surface area contributed by atoms with E-state index >= 15 is 0 Å². The Kier molecular flexibility index (Phi) is 5.93. The first-order valence-electron chi connectivity index (χ1n) is 7.28. The zero-order valence-corrected chi connectivity index (χ0v) is 14.8. The lowest BCUT2D eigenvalue weighted by Crippen LogP contribution is -2.29. The maximum absolute atomic E-state index is 13.5. The van der Waals surface area contributed by atoms with Crippen molar-refractivity contribution in [2.45, 2.75) is 25.4 Å². The highest BCUT2D eigenvalue weighted by Crippen LogP contribution is 2.38. The first-order valence-corrected chi connectivity index (χ1v) is 8.04. The molecule has 2 aromatic rings. The largest absolute Gasteiger partial charge is 0.402 e.